The number of aromatic amines is 1. The van der Waals surface area contributed by atoms with Gasteiger partial charge in [0.1, 0.15) is 0 Å². The Hall–Kier alpha value is -0.610. The normalized spacial score (nSPS) is 10.1. The number of thioether (sulfide) groups is 1. The van der Waals surface area contributed by atoms with Crippen molar-refractivity contribution in [2.45, 2.75) is 5.75 Å². The van der Waals surface area contributed by atoms with E-state index in [2.05, 4.69) is 11.7 Å². The third kappa shape index (κ3) is 2.19. The third-order valence-electron chi connectivity index (χ3n) is 1.18. The highest BCUT2D eigenvalue weighted by Gasteiger charge is 2.08. The molecule has 0 fully saturated rings. The van der Waals surface area contributed by atoms with Crippen molar-refractivity contribution in [3.8, 4) is 0 Å². The average Bonchev–Trinajstić information content (AvgIpc) is 2.36. The van der Waals surface area contributed by atoms with E-state index in [-0.39, 0.29) is 10.6 Å². The Morgan fingerprint density at radius 1 is 1.75 bits per heavy atom. The minimum absolute atomic E-state index is 0.145. The van der Waals surface area contributed by atoms with Gasteiger partial charge in [-0.1, -0.05) is 17.7 Å². The van der Waals surface area contributed by atoms with Crippen molar-refractivity contribution in [1.82, 2.24) is 5.16 Å². The van der Waals surface area contributed by atoms with Gasteiger partial charge in [0.15, 0.2) is 10.8 Å². The summed E-state index contributed by atoms with van der Waals surface area (Å²) in [6, 6.07) is 0. The van der Waals surface area contributed by atoms with Crippen LogP contribution in [-0.4, -0.2) is 10.9 Å². The molecule has 12 heavy (non-hydrogen) atoms. The Kier molecular flexibility index (Phi) is 3.49. The van der Waals surface area contributed by atoms with E-state index in [0.29, 0.717) is 11.5 Å². The van der Waals surface area contributed by atoms with Gasteiger partial charge in [0.05, 0.1) is 5.75 Å². The number of aromatic nitrogens is 1. The van der Waals surface area contributed by atoms with Gasteiger partial charge in [0, 0.05) is 5.75 Å². The largest absolute Gasteiger partial charge is 0.381 e. The molecule has 0 aliphatic carbocycles. The molecular weight excluding hydrogens is 198 g/mol. The fourth-order valence-corrected chi connectivity index (χ4v) is 1.55. The molecule has 1 aromatic heterocycles. The standard InChI is InChI=1S/C7H8ClNO2S/c1-2-3-12-4-5-6(8)7(10)9-11-5/h2H,1,3-4H2,(H,9,10). The number of H-pyrrole nitrogens is 1. The molecule has 0 aliphatic heterocycles. The first-order chi connectivity index (χ1) is 5.75. The number of rotatable bonds is 4. The van der Waals surface area contributed by atoms with E-state index in [0.717, 1.165) is 5.75 Å². The summed E-state index contributed by atoms with van der Waals surface area (Å²) in [6.07, 6.45) is 1.78. The predicted molar refractivity (Wildman–Crippen MR) is 50.7 cm³/mol. The van der Waals surface area contributed by atoms with Crippen LogP contribution in [0.3, 0.4) is 0 Å². The predicted octanol–water partition coefficient (Wildman–Crippen LogP) is 2.04. The average molecular weight is 206 g/mol. The maximum atomic E-state index is 10.8. The molecule has 0 spiro atoms. The molecule has 5 heteroatoms. The lowest BCUT2D eigenvalue weighted by Gasteiger charge is -1.92. The van der Waals surface area contributed by atoms with Crippen LogP contribution in [0.1, 0.15) is 5.76 Å². The lowest BCUT2D eigenvalue weighted by atomic mass is 10.5. The fourth-order valence-electron chi connectivity index (χ4n) is 0.652. The topological polar surface area (TPSA) is 46.0 Å². The first-order valence-electron chi connectivity index (χ1n) is 3.30. The van der Waals surface area contributed by atoms with Gasteiger partial charge >= 0.3 is 0 Å². The molecule has 0 saturated carbocycles. The van der Waals surface area contributed by atoms with Crippen LogP contribution in [0.15, 0.2) is 22.0 Å². The van der Waals surface area contributed by atoms with Crippen LogP contribution in [0.5, 0.6) is 0 Å². The monoisotopic (exact) mass is 205 g/mol. The Morgan fingerprint density at radius 3 is 3.00 bits per heavy atom. The second kappa shape index (κ2) is 4.42. The molecule has 1 rings (SSSR count). The molecule has 0 radical (unpaired) electrons. The fraction of sp³-hybridized carbons (Fsp3) is 0.286. The van der Waals surface area contributed by atoms with Gasteiger partial charge in [-0.25, -0.2) is 0 Å². The summed E-state index contributed by atoms with van der Waals surface area (Å²) in [7, 11) is 0. The Bertz CT molecular complexity index is 317. The molecule has 1 aromatic rings. The van der Waals surface area contributed by atoms with Gasteiger partial charge in [-0.3, -0.25) is 4.79 Å². The Morgan fingerprint density at radius 2 is 2.50 bits per heavy atom. The molecule has 0 bridgehead atoms. The van der Waals surface area contributed by atoms with Gasteiger partial charge in [0.25, 0.3) is 5.56 Å². The van der Waals surface area contributed by atoms with Crippen LogP contribution in [0.4, 0.5) is 0 Å². The van der Waals surface area contributed by atoms with E-state index < -0.39 is 0 Å². The molecule has 66 valence electrons. The van der Waals surface area contributed by atoms with Crippen molar-refractivity contribution < 1.29 is 4.52 Å². The maximum absolute atomic E-state index is 10.8. The highest BCUT2D eigenvalue weighted by atomic mass is 35.5. The van der Waals surface area contributed by atoms with Crippen molar-refractivity contribution >= 4 is 23.4 Å². The second-order valence-corrected chi connectivity index (χ2v) is 3.48. The highest BCUT2D eigenvalue weighted by Crippen LogP contribution is 2.17. The highest BCUT2D eigenvalue weighted by molar-refractivity contribution is 7.98. The summed E-state index contributed by atoms with van der Waals surface area (Å²) < 4.78 is 4.82. The summed E-state index contributed by atoms with van der Waals surface area (Å²) in [6.45, 7) is 3.57. The maximum Gasteiger partial charge on any atom is 0.298 e. The van der Waals surface area contributed by atoms with Gasteiger partial charge in [-0.15, -0.1) is 18.3 Å². The molecule has 0 amide bonds. The van der Waals surface area contributed by atoms with E-state index in [4.69, 9.17) is 16.1 Å². The zero-order valence-electron chi connectivity index (χ0n) is 6.30. The number of hydrogen-bond acceptors (Lipinski definition) is 3. The summed E-state index contributed by atoms with van der Waals surface area (Å²) >= 11 is 7.19. The third-order valence-corrected chi connectivity index (χ3v) is 2.50. The number of nitrogens with one attached hydrogen (secondary N) is 1. The molecule has 0 saturated heterocycles. The number of halogens is 1. The van der Waals surface area contributed by atoms with E-state index in [9.17, 15) is 4.79 Å². The zero-order valence-corrected chi connectivity index (χ0v) is 7.87. The van der Waals surface area contributed by atoms with E-state index in [1.807, 2.05) is 0 Å². The summed E-state index contributed by atoms with van der Waals surface area (Å²) in [5.41, 5.74) is -0.370. The minimum atomic E-state index is -0.370. The van der Waals surface area contributed by atoms with Gasteiger partial charge < -0.3 is 4.52 Å². The van der Waals surface area contributed by atoms with Crippen LogP contribution in [0.2, 0.25) is 5.02 Å². The molecule has 0 aliphatic rings. The van der Waals surface area contributed by atoms with E-state index >= 15 is 0 Å². The van der Waals surface area contributed by atoms with Crippen molar-refractivity contribution in [3.05, 3.63) is 33.8 Å². The van der Waals surface area contributed by atoms with Crippen molar-refractivity contribution in [2.24, 2.45) is 0 Å². The molecule has 0 unspecified atom stereocenters. The van der Waals surface area contributed by atoms with Gasteiger partial charge in [0.2, 0.25) is 0 Å². The van der Waals surface area contributed by atoms with Crippen LogP contribution >= 0.6 is 23.4 Å². The minimum Gasteiger partial charge on any atom is -0.381 e. The molecular formula is C7H8ClNO2S. The Balaban J connectivity index is 2.57. The number of hydrogen-bond donors (Lipinski definition) is 1. The summed E-state index contributed by atoms with van der Waals surface area (Å²) in [4.78, 5) is 10.8. The van der Waals surface area contributed by atoms with Gasteiger partial charge in [-0.05, 0) is 0 Å². The molecule has 1 heterocycles. The zero-order chi connectivity index (χ0) is 8.97. The van der Waals surface area contributed by atoms with Crippen molar-refractivity contribution in [3.63, 3.8) is 0 Å². The lowest BCUT2D eigenvalue weighted by molar-refractivity contribution is 0.390. The molecule has 0 aromatic carbocycles. The molecule has 0 atom stereocenters. The van der Waals surface area contributed by atoms with Crippen LogP contribution in [0.25, 0.3) is 0 Å². The summed E-state index contributed by atoms with van der Waals surface area (Å²) in [5, 5.41) is 2.31. The lowest BCUT2D eigenvalue weighted by Crippen LogP contribution is -1.96. The SMILES string of the molecule is C=CCSCc1o[nH]c(=O)c1Cl. The van der Waals surface area contributed by atoms with Crippen LogP contribution in [-0.2, 0) is 5.75 Å². The molecule has 1 N–H and O–H groups in total. The van der Waals surface area contributed by atoms with E-state index in [1.165, 1.54) is 0 Å². The quantitative estimate of drug-likeness (QED) is 0.605. The second-order valence-electron chi connectivity index (χ2n) is 2.07. The smallest absolute Gasteiger partial charge is 0.298 e. The van der Waals surface area contributed by atoms with Crippen LogP contribution < -0.4 is 5.56 Å². The Labute approximate surface area is 78.8 Å². The van der Waals surface area contributed by atoms with E-state index in [1.54, 1.807) is 17.8 Å². The first kappa shape index (κ1) is 9.48. The molecule has 3 nitrogen and oxygen atoms in total. The first-order valence-corrected chi connectivity index (χ1v) is 4.83. The van der Waals surface area contributed by atoms with Crippen molar-refractivity contribution in [1.29, 1.82) is 0 Å². The van der Waals surface area contributed by atoms with Gasteiger partial charge in [-0.2, -0.15) is 5.16 Å². The summed E-state index contributed by atoms with van der Waals surface area (Å²) in [5.74, 6) is 1.89. The van der Waals surface area contributed by atoms with Crippen molar-refractivity contribution in [2.75, 3.05) is 5.75 Å². The van der Waals surface area contributed by atoms with Crippen LogP contribution in [0, 0.1) is 0 Å².